The van der Waals surface area contributed by atoms with E-state index in [9.17, 15) is 4.79 Å². The zero-order chi connectivity index (χ0) is 19.0. The Balaban J connectivity index is 1.71. The topological polar surface area (TPSA) is 58.1 Å². The summed E-state index contributed by atoms with van der Waals surface area (Å²) in [6.45, 7) is 5.21. The van der Waals surface area contributed by atoms with Crippen molar-refractivity contribution in [2.24, 2.45) is 0 Å². The number of halogens is 1. The predicted octanol–water partition coefficient (Wildman–Crippen LogP) is 5.28. The first-order valence-electron chi connectivity index (χ1n) is 9.12. The summed E-state index contributed by atoms with van der Waals surface area (Å²) >= 11 is 7.43. The van der Waals surface area contributed by atoms with Gasteiger partial charge in [0.1, 0.15) is 17.0 Å². The van der Waals surface area contributed by atoms with Crippen LogP contribution < -0.4 is 10.2 Å². The highest BCUT2D eigenvalue weighted by molar-refractivity contribution is 7.20. The van der Waals surface area contributed by atoms with Gasteiger partial charge in [0.25, 0.3) is 5.91 Å². The molecule has 1 N–H and O–H groups in total. The lowest BCUT2D eigenvalue weighted by Crippen LogP contribution is -2.38. The molecule has 0 unspecified atom stereocenters. The molecular formula is C20H21ClN4OS. The second kappa shape index (κ2) is 7.44. The van der Waals surface area contributed by atoms with Gasteiger partial charge < -0.3 is 10.2 Å². The largest absolute Gasteiger partial charge is 0.353 e. The van der Waals surface area contributed by atoms with Gasteiger partial charge in [0.2, 0.25) is 0 Å². The first-order chi connectivity index (χ1) is 13.0. The van der Waals surface area contributed by atoms with Gasteiger partial charge >= 0.3 is 0 Å². The Hall–Kier alpha value is -2.18. The van der Waals surface area contributed by atoms with Crippen LogP contribution in [0.4, 0.5) is 11.5 Å². The van der Waals surface area contributed by atoms with Crippen LogP contribution in [0.15, 0.2) is 30.6 Å². The molecule has 7 heteroatoms. The minimum atomic E-state index is -0.143. The van der Waals surface area contributed by atoms with E-state index in [0.29, 0.717) is 21.6 Å². The summed E-state index contributed by atoms with van der Waals surface area (Å²) in [6, 6.07) is 7.61. The highest BCUT2D eigenvalue weighted by atomic mass is 35.5. The number of carbonyl (C=O) groups is 1. The Morgan fingerprint density at radius 3 is 2.96 bits per heavy atom. The number of aromatic nitrogens is 2. The van der Waals surface area contributed by atoms with Crippen LogP contribution in [0.2, 0.25) is 5.02 Å². The lowest BCUT2D eigenvalue weighted by Gasteiger charge is -2.34. The van der Waals surface area contributed by atoms with Gasteiger partial charge in [-0.25, -0.2) is 9.97 Å². The van der Waals surface area contributed by atoms with Crippen LogP contribution in [-0.4, -0.2) is 28.5 Å². The molecule has 1 aliphatic rings. The summed E-state index contributed by atoms with van der Waals surface area (Å²) in [5.41, 5.74) is 1.61. The SMILES string of the molecule is Cc1c(C(=O)Nc2cccc(Cl)c2)sc2ncnc(N3CCCC[C@@H]3C)c12. The number of rotatable bonds is 3. The lowest BCUT2D eigenvalue weighted by atomic mass is 10.0. The predicted molar refractivity (Wildman–Crippen MR) is 112 cm³/mol. The summed E-state index contributed by atoms with van der Waals surface area (Å²) < 4.78 is 0. The summed E-state index contributed by atoms with van der Waals surface area (Å²) in [5.74, 6) is 0.804. The molecule has 1 aromatic carbocycles. The van der Waals surface area contributed by atoms with Crippen molar-refractivity contribution in [3.63, 3.8) is 0 Å². The molecule has 0 aliphatic carbocycles. The Morgan fingerprint density at radius 1 is 1.33 bits per heavy atom. The van der Waals surface area contributed by atoms with Crippen molar-refractivity contribution in [3.05, 3.63) is 46.1 Å². The third kappa shape index (κ3) is 3.51. The van der Waals surface area contributed by atoms with Crippen molar-refractivity contribution < 1.29 is 4.79 Å². The average Bonchev–Trinajstić information content (AvgIpc) is 2.99. The molecule has 0 spiro atoms. The molecule has 2 aromatic heterocycles. The summed E-state index contributed by atoms with van der Waals surface area (Å²) in [4.78, 5) is 25.7. The molecular weight excluding hydrogens is 380 g/mol. The molecule has 3 heterocycles. The van der Waals surface area contributed by atoms with E-state index in [-0.39, 0.29) is 5.91 Å². The maximum atomic E-state index is 12.9. The second-order valence-electron chi connectivity index (χ2n) is 6.94. The number of nitrogens with zero attached hydrogens (tertiary/aromatic N) is 3. The third-order valence-corrected chi connectivity index (χ3v) is 6.50. The van der Waals surface area contributed by atoms with Gasteiger partial charge in [-0.2, -0.15) is 0 Å². The Labute approximate surface area is 167 Å². The molecule has 3 aromatic rings. The number of nitrogens with one attached hydrogen (secondary N) is 1. The van der Waals surface area contributed by atoms with Gasteiger partial charge in [-0.3, -0.25) is 4.79 Å². The lowest BCUT2D eigenvalue weighted by molar-refractivity contribution is 0.103. The van der Waals surface area contributed by atoms with Crippen molar-refractivity contribution >= 4 is 50.6 Å². The number of hydrogen-bond donors (Lipinski definition) is 1. The molecule has 0 bridgehead atoms. The minimum absolute atomic E-state index is 0.143. The van der Waals surface area contributed by atoms with Crippen LogP contribution in [0.5, 0.6) is 0 Å². The van der Waals surface area contributed by atoms with E-state index < -0.39 is 0 Å². The van der Waals surface area contributed by atoms with Crippen LogP contribution in [0, 0.1) is 6.92 Å². The number of fused-ring (bicyclic) bond motifs is 1. The quantitative estimate of drug-likeness (QED) is 0.649. The fraction of sp³-hybridized carbons (Fsp3) is 0.350. The average molecular weight is 401 g/mol. The van der Waals surface area contributed by atoms with Gasteiger partial charge in [-0.1, -0.05) is 17.7 Å². The van der Waals surface area contributed by atoms with Gasteiger partial charge in [-0.05, 0) is 56.9 Å². The maximum Gasteiger partial charge on any atom is 0.266 e. The van der Waals surface area contributed by atoms with Crippen molar-refractivity contribution in [1.82, 2.24) is 9.97 Å². The molecule has 0 saturated carbocycles. The zero-order valence-electron chi connectivity index (χ0n) is 15.3. The van der Waals surface area contributed by atoms with E-state index in [1.54, 1.807) is 18.5 Å². The maximum absolute atomic E-state index is 12.9. The Bertz CT molecular complexity index is 1000. The van der Waals surface area contributed by atoms with Crippen LogP contribution in [0.1, 0.15) is 41.4 Å². The number of aryl methyl sites for hydroxylation is 1. The second-order valence-corrected chi connectivity index (χ2v) is 8.37. The number of carbonyl (C=O) groups excluding carboxylic acids is 1. The fourth-order valence-corrected chi connectivity index (χ4v) is 4.88. The van der Waals surface area contributed by atoms with Crippen molar-refractivity contribution in [3.8, 4) is 0 Å². The molecule has 0 radical (unpaired) electrons. The van der Waals surface area contributed by atoms with E-state index in [2.05, 4.69) is 27.1 Å². The van der Waals surface area contributed by atoms with Crippen molar-refractivity contribution in [2.45, 2.75) is 39.2 Å². The first kappa shape index (κ1) is 18.2. The first-order valence-corrected chi connectivity index (χ1v) is 10.3. The monoisotopic (exact) mass is 400 g/mol. The standard InChI is InChI=1S/C20H21ClN4OS/c1-12-6-3-4-9-25(12)18-16-13(2)17(27-20(16)23-11-22-18)19(26)24-15-8-5-7-14(21)10-15/h5,7-8,10-12H,3-4,6,9H2,1-2H3,(H,24,26)/t12-/m0/s1. The van der Waals surface area contributed by atoms with Gasteiger partial charge in [0.05, 0.1) is 10.3 Å². The van der Waals surface area contributed by atoms with E-state index in [0.717, 1.165) is 34.6 Å². The van der Waals surface area contributed by atoms with Crippen molar-refractivity contribution in [2.75, 3.05) is 16.8 Å². The molecule has 1 aliphatic heterocycles. The number of anilines is 2. The minimum Gasteiger partial charge on any atom is -0.353 e. The molecule has 1 amide bonds. The number of thiophene rings is 1. The van der Waals surface area contributed by atoms with E-state index in [4.69, 9.17) is 11.6 Å². The number of hydrogen-bond acceptors (Lipinski definition) is 5. The van der Waals surface area contributed by atoms with E-state index in [1.807, 2.05) is 19.1 Å². The molecule has 5 nitrogen and oxygen atoms in total. The highest BCUT2D eigenvalue weighted by Gasteiger charge is 2.25. The normalized spacial score (nSPS) is 17.3. The highest BCUT2D eigenvalue weighted by Crippen LogP contribution is 2.37. The van der Waals surface area contributed by atoms with E-state index >= 15 is 0 Å². The molecule has 4 rings (SSSR count). The number of piperidine rings is 1. The van der Waals surface area contributed by atoms with Crippen LogP contribution in [0.3, 0.4) is 0 Å². The van der Waals surface area contributed by atoms with Gasteiger partial charge in [0, 0.05) is 23.3 Å². The van der Waals surface area contributed by atoms with E-state index in [1.165, 1.54) is 24.2 Å². The molecule has 1 saturated heterocycles. The van der Waals surface area contributed by atoms with Crippen LogP contribution in [-0.2, 0) is 0 Å². The zero-order valence-corrected chi connectivity index (χ0v) is 16.9. The summed E-state index contributed by atoms with van der Waals surface area (Å²) in [6.07, 6.45) is 5.19. The van der Waals surface area contributed by atoms with Crippen LogP contribution >= 0.6 is 22.9 Å². The molecule has 27 heavy (non-hydrogen) atoms. The Morgan fingerprint density at radius 2 is 2.19 bits per heavy atom. The molecule has 1 fully saturated rings. The smallest absolute Gasteiger partial charge is 0.266 e. The Kier molecular flexibility index (Phi) is 5.02. The molecule has 140 valence electrons. The summed E-state index contributed by atoms with van der Waals surface area (Å²) in [7, 11) is 0. The molecule has 1 atom stereocenters. The fourth-order valence-electron chi connectivity index (χ4n) is 3.65. The number of amides is 1. The van der Waals surface area contributed by atoms with Gasteiger partial charge in [0.15, 0.2) is 0 Å². The summed E-state index contributed by atoms with van der Waals surface area (Å²) in [5, 5.41) is 4.52. The number of benzene rings is 1. The van der Waals surface area contributed by atoms with Crippen LogP contribution in [0.25, 0.3) is 10.2 Å². The van der Waals surface area contributed by atoms with Gasteiger partial charge in [-0.15, -0.1) is 11.3 Å². The van der Waals surface area contributed by atoms with Crippen molar-refractivity contribution in [1.29, 1.82) is 0 Å². The third-order valence-electron chi connectivity index (χ3n) is 5.07.